The zero-order valence-corrected chi connectivity index (χ0v) is 22.1. The zero-order valence-electron chi connectivity index (χ0n) is 22.1. The first-order valence-corrected chi connectivity index (χ1v) is 13.3. The van der Waals surface area contributed by atoms with Crippen LogP contribution < -0.4 is 10.2 Å². The van der Waals surface area contributed by atoms with Crippen LogP contribution in [-0.4, -0.2) is 46.1 Å². The van der Waals surface area contributed by atoms with E-state index < -0.39 is 23.7 Å². The van der Waals surface area contributed by atoms with E-state index in [-0.39, 0.29) is 24.3 Å². The van der Waals surface area contributed by atoms with Crippen molar-refractivity contribution < 1.29 is 18.7 Å². The third-order valence-electron chi connectivity index (χ3n) is 7.04. The number of para-hydroxylation sites is 2. The summed E-state index contributed by atoms with van der Waals surface area (Å²) >= 11 is 0. The van der Waals surface area contributed by atoms with Gasteiger partial charge in [0.15, 0.2) is 0 Å². The van der Waals surface area contributed by atoms with Gasteiger partial charge in [-0.15, -0.1) is 5.10 Å². The smallest absolute Gasteiger partial charge is 0.249 e. The third-order valence-corrected chi connectivity index (χ3v) is 7.04. The molecule has 0 bridgehead atoms. The summed E-state index contributed by atoms with van der Waals surface area (Å²) < 4.78 is 22.4. The Labute approximate surface area is 226 Å². The van der Waals surface area contributed by atoms with Crippen molar-refractivity contribution in [3.05, 3.63) is 89.7 Å². The molecule has 1 fully saturated rings. The van der Waals surface area contributed by atoms with Gasteiger partial charge in [0, 0.05) is 13.2 Å². The number of amides is 2. The maximum Gasteiger partial charge on any atom is 0.249 e. The number of aromatic nitrogens is 3. The van der Waals surface area contributed by atoms with E-state index >= 15 is 4.39 Å². The van der Waals surface area contributed by atoms with Gasteiger partial charge in [0.1, 0.15) is 23.9 Å². The molecule has 3 aromatic carbocycles. The summed E-state index contributed by atoms with van der Waals surface area (Å²) in [5.74, 6) is -1.23. The van der Waals surface area contributed by atoms with E-state index in [0.29, 0.717) is 29.7 Å². The third kappa shape index (κ3) is 5.83. The molecule has 1 aromatic heterocycles. The molecular formula is C30H32FN5O3. The number of ether oxygens (including phenoxy) is 1. The molecule has 2 amide bonds. The number of hydrogen-bond donors (Lipinski definition) is 1. The maximum absolute atomic E-state index is 15.3. The quantitative estimate of drug-likeness (QED) is 0.338. The highest BCUT2D eigenvalue weighted by molar-refractivity contribution is 6.01. The highest BCUT2D eigenvalue weighted by atomic mass is 19.1. The molecule has 0 saturated carbocycles. The molecule has 0 spiro atoms. The predicted molar refractivity (Wildman–Crippen MR) is 147 cm³/mol. The predicted octanol–water partition coefficient (Wildman–Crippen LogP) is 4.76. The Kier molecular flexibility index (Phi) is 7.97. The van der Waals surface area contributed by atoms with Crippen molar-refractivity contribution in [2.45, 2.75) is 51.3 Å². The summed E-state index contributed by atoms with van der Waals surface area (Å²) in [6.45, 7) is 4.91. The lowest BCUT2D eigenvalue weighted by atomic mass is 9.97. The fourth-order valence-electron chi connectivity index (χ4n) is 4.90. The van der Waals surface area contributed by atoms with Crippen molar-refractivity contribution >= 4 is 28.5 Å². The van der Waals surface area contributed by atoms with Crippen LogP contribution in [0.1, 0.15) is 49.8 Å². The number of fused-ring (bicyclic) bond motifs is 1. The Morgan fingerprint density at radius 2 is 1.77 bits per heavy atom. The fraction of sp³-hybridized carbons (Fsp3) is 0.333. The molecule has 2 atom stereocenters. The van der Waals surface area contributed by atoms with Gasteiger partial charge in [-0.2, -0.15) is 0 Å². The molecule has 1 N–H and O–H groups in total. The number of carbonyl (C=O) groups is 2. The van der Waals surface area contributed by atoms with Crippen LogP contribution in [0.3, 0.4) is 0 Å². The van der Waals surface area contributed by atoms with Gasteiger partial charge in [-0.05, 0) is 54.2 Å². The molecule has 4 aromatic rings. The molecule has 0 unspecified atom stereocenters. The molecule has 0 aliphatic carbocycles. The normalized spacial score (nSPS) is 15.9. The van der Waals surface area contributed by atoms with E-state index in [1.54, 1.807) is 18.2 Å². The standard InChI is InChI=1S/C30H32FN5O3/c1-20(2)21-13-15-22(16-14-21)29(30(38)32-18-23-8-7-17-39-23)36(26-11-5-3-9-24(26)31)28(37)19-35-27-12-6-4-10-25(27)33-34-35/h3-6,9-16,20,23,29H,7-8,17-19H2,1-2H3,(H,32,38)/t23-,29+/m0/s1. The van der Waals surface area contributed by atoms with Gasteiger partial charge >= 0.3 is 0 Å². The van der Waals surface area contributed by atoms with Crippen molar-refractivity contribution in [3.8, 4) is 0 Å². The van der Waals surface area contributed by atoms with Crippen molar-refractivity contribution in [2.24, 2.45) is 0 Å². The van der Waals surface area contributed by atoms with Crippen molar-refractivity contribution in [1.29, 1.82) is 0 Å². The summed E-state index contributed by atoms with van der Waals surface area (Å²) in [6.07, 6.45) is 1.70. The largest absolute Gasteiger partial charge is 0.376 e. The molecule has 8 nitrogen and oxygen atoms in total. The van der Waals surface area contributed by atoms with Crippen molar-refractivity contribution in [1.82, 2.24) is 20.3 Å². The lowest BCUT2D eigenvalue weighted by Crippen LogP contribution is -2.47. The Morgan fingerprint density at radius 1 is 1.05 bits per heavy atom. The number of benzene rings is 3. The highest BCUT2D eigenvalue weighted by Crippen LogP contribution is 2.31. The second-order valence-corrected chi connectivity index (χ2v) is 10.1. The Hall–Kier alpha value is -4.11. The summed E-state index contributed by atoms with van der Waals surface area (Å²) in [6, 6.07) is 19.7. The first-order chi connectivity index (χ1) is 18.9. The van der Waals surface area contributed by atoms with Gasteiger partial charge < -0.3 is 10.1 Å². The minimum Gasteiger partial charge on any atom is -0.376 e. The molecule has 9 heteroatoms. The number of hydrogen-bond acceptors (Lipinski definition) is 5. The van der Waals surface area contributed by atoms with Gasteiger partial charge in [0.25, 0.3) is 0 Å². The van der Waals surface area contributed by atoms with Crippen LogP contribution in [0.15, 0.2) is 72.8 Å². The van der Waals surface area contributed by atoms with E-state index in [9.17, 15) is 9.59 Å². The highest BCUT2D eigenvalue weighted by Gasteiger charge is 2.35. The van der Waals surface area contributed by atoms with Gasteiger partial charge in [-0.25, -0.2) is 9.07 Å². The molecule has 1 aliphatic rings. The second-order valence-electron chi connectivity index (χ2n) is 10.1. The first-order valence-electron chi connectivity index (χ1n) is 13.3. The zero-order chi connectivity index (χ0) is 27.4. The molecular weight excluding hydrogens is 497 g/mol. The van der Waals surface area contributed by atoms with Gasteiger partial charge in [0.05, 0.1) is 17.3 Å². The number of carbonyl (C=O) groups excluding carboxylic acids is 2. The van der Waals surface area contributed by atoms with Crippen LogP contribution in [0.4, 0.5) is 10.1 Å². The van der Waals surface area contributed by atoms with E-state index in [4.69, 9.17) is 4.74 Å². The molecule has 0 radical (unpaired) electrons. The second kappa shape index (κ2) is 11.7. The number of anilines is 1. The minimum atomic E-state index is -1.12. The fourth-order valence-corrected chi connectivity index (χ4v) is 4.90. The monoisotopic (exact) mass is 529 g/mol. The number of rotatable bonds is 9. The average molecular weight is 530 g/mol. The summed E-state index contributed by atoms with van der Waals surface area (Å²) in [4.78, 5) is 29.1. The Balaban J connectivity index is 1.55. The molecule has 2 heterocycles. The Morgan fingerprint density at radius 3 is 2.49 bits per heavy atom. The van der Waals surface area contributed by atoms with Crippen LogP contribution in [-0.2, 0) is 20.9 Å². The van der Waals surface area contributed by atoms with Crippen molar-refractivity contribution in [3.63, 3.8) is 0 Å². The summed E-state index contributed by atoms with van der Waals surface area (Å²) in [7, 11) is 0. The van der Waals surface area contributed by atoms with Gasteiger partial charge in [0.2, 0.25) is 11.8 Å². The van der Waals surface area contributed by atoms with Crippen LogP contribution in [0.2, 0.25) is 0 Å². The number of nitrogens with zero attached hydrogens (tertiary/aromatic N) is 4. The van der Waals surface area contributed by atoms with E-state index in [2.05, 4.69) is 29.5 Å². The topological polar surface area (TPSA) is 89.4 Å². The number of halogens is 1. The molecule has 5 rings (SSSR count). The van der Waals surface area contributed by atoms with Crippen molar-refractivity contribution in [2.75, 3.05) is 18.1 Å². The average Bonchev–Trinajstić information content (AvgIpc) is 3.61. The van der Waals surface area contributed by atoms with Crippen LogP contribution in [0.25, 0.3) is 11.0 Å². The summed E-state index contributed by atoms with van der Waals surface area (Å²) in [5, 5.41) is 11.2. The molecule has 1 aliphatic heterocycles. The lowest BCUT2D eigenvalue weighted by Gasteiger charge is -2.32. The first kappa shape index (κ1) is 26.5. The van der Waals surface area contributed by atoms with Gasteiger partial charge in [-0.3, -0.25) is 14.5 Å². The molecule has 39 heavy (non-hydrogen) atoms. The van der Waals surface area contributed by atoms with E-state index in [1.165, 1.54) is 21.7 Å². The summed E-state index contributed by atoms with van der Waals surface area (Å²) in [5.41, 5.74) is 2.98. The lowest BCUT2D eigenvalue weighted by molar-refractivity contribution is -0.127. The Bertz CT molecular complexity index is 1450. The van der Waals surface area contributed by atoms with E-state index in [1.807, 2.05) is 42.5 Å². The maximum atomic E-state index is 15.3. The van der Waals surface area contributed by atoms with Crippen LogP contribution >= 0.6 is 0 Å². The van der Waals surface area contributed by atoms with Crippen LogP contribution in [0.5, 0.6) is 0 Å². The minimum absolute atomic E-state index is 0.0112. The number of nitrogens with one attached hydrogen (secondary N) is 1. The van der Waals surface area contributed by atoms with Crippen LogP contribution in [0, 0.1) is 5.82 Å². The van der Waals surface area contributed by atoms with E-state index in [0.717, 1.165) is 18.4 Å². The molecule has 1 saturated heterocycles. The molecule has 202 valence electrons. The van der Waals surface area contributed by atoms with Gasteiger partial charge in [-0.1, -0.05) is 67.6 Å². The SMILES string of the molecule is CC(C)c1ccc([C@H](C(=O)NC[C@@H]2CCCO2)N(C(=O)Cn2nnc3ccccc32)c2ccccc2F)cc1.